The first-order valence-electron chi connectivity index (χ1n) is 33.4. The molecule has 0 spiro atoms. The number of rotatable bonds is 60. The zero-order chi connectivity index (χ0) is 57.1. The molecule has 452 valence electrons. The average molecular weight is 1100 g/mol. The number of esters is 3. The molecule has 0 fully saturated rings. The maximum absolute atomic E-state index is 12.9. The highest BCUT2D eigenvalue weighted by Gasteiger charge is 2.19. The van der Waals surface area contributed by atoms with Crippen molar-refractivity contribution in [3.63, 3.8) is 0 Å². The van der Waals surface area contributed by atoms with E-state index in [0.717, 1.165) is 96.3 Å². The van der Waals surface area contributed by atoms with E-state index >= 15 is 0 Å². The molecule has 0 saturated heterocycles. The third-order valence-corrected chi connectivity index (χ3v) is 14.3. The van der Waals surface area contributed by atoms with Crippen molar-refractivity contribution in [3.05, 3.63) is 109 Å². The molecule has 6 nitrogen and oxygen atoms in total. The first-order valence-corrected chi connectivity index (χ1v) is 33.4. The van der Waals surface area contributed by atoms with Crippen LogP contribution in [0.4, 0.5) is 0 Å². The van der Waals surface area contributed by atoms with Gasteiger partial charge in [0.25, 0.3) is 0 Å². The molecule has 0 saturated carbocycles. The number of hydrogen-bond donors (Lipinski definition) is 0. The van der Waals surface area contributed by atoms with Crippen LogP contribution >= 0.6 is 0 Å². The van der Waals surface area contributed by atoms with Gasteiger partial charge in [0.15, 0.2) is 6.10 Å². The summed E-state index contributed by atoms with van der Waals surface area (Å²) >= 11 is 0. The van der Waals surface area contributed by atoms with Crippen LogP contribution < -0.4 is 0 Å². The third-order valence-electron chi connectivity index (χ3n) is 14.3. The fourth-order valence-electron chi connectivity index (χ4n) is 9.29. The van der Waals surface area contributed by atoms with Crippen molar-refractivity contribution >= 4 is 17.9 Å². The largest absolute Gasteiger partial charge is 0.462 e. The van der Waals surface area contributed by atoms with Gasteiger partial charge in [-0.2, -0.15) is 0 Å². The second-order valence-electron chi connectivity index (χ2n) is 22.0. The van der Waals surface area contributed by atoms with E-state index in [9.17, 15) is 14.4 Å². The maximum Gasteiger partial charge on any atom is 0.306 e. The molecule has 1 unspecified atom stereocenters. The fraction of sp³-hybridized carbons (Fsp3) is 0.712. The molecule has 0 radical (unpaired) electrons. The standard InChI is InChI=1S/C73H124O6/c1-4-7-10-13-16-19-22-24-26-28-30-32-34-35-36-37-39-40-42-44-46-48-51-54-57-60-63-66-72(75)78-69-70(68-77-71(74)65-62-59-56-53-50-21-18-15-12-9-6-3)79-73(76)67-64-61-58-55-52-49-47-45-43-41-38-33-31-29-27-25-23-20-17-14-11-8-5-2/h8,11,17,20,22,24-25,27-28,30-31,33,41,43,47,49,55,58,70H,4-7,9-10,12-16,18-19,21,23,26,29,32,34-40,42,44-46,48,50-54,56-57,59-69H2,1-3H3/b11-8-,20-17-,24-22-,27-25-,30-28-,33-31-,43-41-,49-47-,58-55-. The molecular weight excluding hydrogens is 973 g/mol. The Morgan fingerprint density at radius 3 is 0.810 bits per heavy atom. The van der Waals surface area contributed by atoms with E-state index in [2.05, 4.69) is 130 Å². The minimum atomic E-state index is -0.809. The molecule has 79 heavy (non-hydrogen) atoms. The maximum atomic E-state index is 12.9. The summed E-state index contributed by atoms with van der Waals surface area (Å²) < 4.78 is 16.9. The summed E-state index contributed by atoms with van der Waals surface area (Å²) in [5.74, 6) is -0.951. The number of carbonyl (C=O) groups is 3. The summed E-state index contributed by atoms with van der Waals surface area (Å²) in [5.41, 5.74) is 0. The molecule has 0 aromatic rings. The SMILES string of the molecule is CC/C=C\C/C=C\C/C=C\C/C=C\C/C=C\C/C=C\C/C=C\CCCC(=O)OC(COC(=O)CCCCCCCCCCCCC)COC(=O)CCCCCCCCCCCCCCCCC/C=C\C/C=C\CCCCCCC. The molecule has 0 aromatic heterocycles. The van der Waals surface area contributed by atoms with Gasteiger partial charge in [-0.1, -0.05) is 304 Å². The molecule has 0 amide bonds. The predicted octanol–water partition coefficient (Wildman–Crippen LogP) is 23.0. The van der Waals surface area contributed by atoms with E-state index in [1.54, 1.807) is 0 Å². The summed E-state index contributed by atoms with van der Waals surface area (Å²) in [7, 11) is 0. The summed E-state index contributed by atoms with van der Waals surface area (Å²) in [5, 5.41) is 0. The molecular formula is C73H124O6. The lowest BCUT2D eigenvalue weighted by atomic mass is 10.0. The molecule has 6 heteroatoms. The van der Waals surface area contributed by atoms with E-state index in [-0.39, 0.29) is 37.5 Å². The Morgan fingerprint density at radius 2 is 0.506 bits per heavy atom. The minimum absolute atomic E-state index is 0.0992. The summed E-state index contributed by atoms with van der Waals surface area (Å²) in [6, 6.07) is 0. The molecule has 0 N–H and O–H groups in total. The topological polar surface area (TPSA) is 78.9 Å². The first kappa shape index (κ1) is 75.1. The van der Waals surface area contributed by atoms with Gasteiger partial charge in [-0.15, -0.1) is 0 Å². The van der Waals surface area contributed by atoms with Gasteiger partial charge in [0.05, 0.1) is 0 Å². The van der Waals surface area contributed by atoms with Crippen molar-refractivity contribution in [1.29, 1.82) is 0 Å². The van der Waals surface area contributed by atoms with Crippen molar-refractivity contribution in [2.75, 3.05) is 13.2 Å². The molecule has 0 bridgehead atoms. The Kier molecular flexibility index (Phi) is 63.3. The molecule has 0 heterocycles. The Balaban J connectivity index is 4.33. The summed E-state index contributed by atoms with van der Waals surface area (Å²) in [4.78, 5) is 38.3. The van der Waals surface area contributed by atoms with E-state index in [4.69, 9.17) is 14.2 Å². The quantitative estimate of drug-likeness (QED) is 0.0261. The fourth-order valence-corrected chi connectivity index (χ4v) is 9.29. The second-order valence-corrected chi connectivity index (χ2v) is 22.0. The van der Waals surface area contributed by atoms with Crippen molar-refractivity contribution < 1.29 is 28.6 Å². The molecule has 0 aromatic carbocycles. The molecule has 0 aliphatic heterocycles. The zero-order valence-electron chi connectivity index (χ0n) is 51.9. The summed E-state index contributed by atoms with van der Waals surface area (Å²) in [6.45, 7) is 6.49. The van der Waals surface area contributed by atoms with Gasteiger partial charge in [0, 0.05) is 19.3 Å². The normalized spacial score (nSPS) is 12.8. The van der Waals surface area contributed by atoms with E-state index < -0.39 is 6.10 Å². The van der Waals surface area contributed by atoms with Crippen molar-refractivity contribution in [3.8, 4) is 0 Å². The Hall–Kier alpha value is -3.93. The lowest BCUT2D eigenvalue weighted by Crippen LogP contribution is -2.30. The predicted molar refractivity (Wildman–Crippen MR) is 343 cm³/mol. The second kappa shape index (κ2) is 66.6. The highest BCUT2D eigenvalue weighted by Crippen LogP contribution is 2.16. The van der Waals surface area contributed by atoms with Crippen molar-refractivity contribution in [1.82, 2.24) is 0 Å². The number of hydrogen-bond acceptors (Lipinski definition) is 6. The first-order chi connectivity index (χ1) is 39.0. The van der Waals surface area contributed by atoms with Gasteiger partial charge in [0.2, 0.25) is 0 Å². The molecule has 0 rings (SSSR count). The van der Waals surface area contributed by atoms with Crippen LogP contribution in [0.1, 0.15) is 316 Å². The van der Waals surface area contributed by atoms with Gasteiger partial charge >= 0.3 is 17.9 Å². The lowest BCUT2D eigenvalue weighted by molar-refractivity contribution is -0.167. The van der Waals surface area contributed by atoms with Gasteiger partial charge in [-0.05, 0) is 103 Å². The molecule has 0 aliphatic carbocycles. The van der Waals surface area contributed by atoms with Gasteiger partial charge in [0.1, 0.15) is 13.2 Å². The monoisotopic (exact) mass is 1100 g/mol. The van der Waals surface area contributed by atoms with Crippen molar-refractivity contribution in [2.45, 2.75) is 322 Å². The number of unbranched alkanes of at least 4 members (excludes halogenated alkanes) is 31. The van der Waals surface area contributed by atoms with Crippen LogP contribution in [0.15, 0.2) is 109 Å². The van der Waals surface area contributed by atoms with E-state index in [1.165, 1.54) is 173 Å². The molecule has 1 atom stereocenters. The van der Waals surface area contributed by atoms with E-state index in [0.29, 0.717) is 19.3 Å². The van der Waals surface area contributed by atoms with Crippen LogP contribution in [0.25, 0.3) is 0 Å². The van der Waals surface area contributed by atoms with Crippen LogP contribution in [-0.4, -0.2) is 37.2 Å². The van der Waals surface area contributed by atoms with Gasteiger partial charge < -0.3 is 14.2 Å². The number of ether oxygens (including phenoxy) is 3. The van der Waals surface area contributed by atoms with Gasteiger partial charge in [-0.25, -0.2) is 0 Å². The number of allylic oxidation sites excluding steroid dienone is 18. The van der Waals surface area contributed by atoms with E-state index in [1.807, 2.05) is 0 Å². The third kappa shape index (κ3) is 64.8. The highest BCUT2D eigenvalue weighted by atomic mass is 16.6. The Morgan fingerprint density at radius 1 is 0.266 bits per heavy atom. The van der Waals surface area contributed by atoms with Gasteiger partial charge in [-0.3, -0.25) is 14.4 Å². The average Bonchev–Trinajstić information content (AvgIpc) is 3.45. The Labute approximate surface area is 489 Å². The van der Waals surface area contributed by atoms with Crippen LogP contribution in [0.5, 0.6) is 0 Å². The minimum Gasteiger partial charge on any atom is -0.462 e. The van der Waals surface area contributed by atoms with Crippen LogP contribution in [0.3, 0.4) is 0 Å². The number of carbonyl (C=O) groups excluding carboxylic acids is 3. The van der Waals surface area contributed by atoms with Crippen molar-refractivity contribution in [2.24, 2.45) is 0 Å². The smallest absolute Gasteiger partial charge is 0.306 e. The zero-order valence-corrected chi connectivity index (χ0v) is 51.9. The van der Waals surface area contributed by atoms with Crippen LogP contribution in [-0.2, 0) is 28.6 Å². The van der Waals surface area contributed by atoms with Crippen LogP contribution in [0.2, 0.25) is 0 Å². The van der Waals surface area contributed by atoms with Crippen LogP contribution in [0, 0.1) is 0 Å². The lowest BCUT2D eigenvalue weighted by Gasteiger charge is -2.18. The summed E-state index contributed by atoms with van der Waals surface area (Å²) in [6.07, 6.45) is 91.2. The highest BCUT2D eigenvalue weighted by molar-refractivity contribution is 5.71. The molecule has 0 aliphatic rings. The Bertz CT molecular complexity index is 1590.